The van der Waals surface area contributed by atoms with Crippen LogP contribution in [0.25, 0.3) is 12.2 Å². The zero-order chi connectivity index (χ0) is 20.7. The fourth-order valence-electron chi connectivity index (χ4n) is 2.99. The van der Waals surface area contributed by atoms with E-state index in [0.717, 1.165) is 47.6 Å². The summed E-state index contributed by atoms with van der Waals surface area (Å²) in [5.74, 6) is 2.99. The number of benzene rings is 1. The number of hydrogen-bond acceptors (Lipinski definition) is 5. The van der Waals surface area contributed by atoms with Gasteiger partial charge in [0.25, 0.3) is 0 Å². The van der Waals surface area contributed by atoms with Gasteiger partial charge in [-0.05, 0) is 18.6 Å². The second kappa shape index (κ2) is 9.62. The van der Waals surface area contributed by atoms with Gasteiger partial charge in [0, 0.05) is 31.5 Å². The summed E-state index contributed by atoms with van der Waals surface area (Å²) >= 11 is 0. The lowest BCUT2D eigenvalue weighted by Gasteiger charge is -2.23. The van der Waals surface area contributed by atoms with Crippen molar-refractivity contribution in [1.29, 1.82) is 0 Å². The lowest BCUT2D eigenvalue weighted by Crippen LogP contribution is -2.36. The smallest absolute Gasteiger partial charge is 0.160 e. The number of hydrazine groups is 1. The van der Waals surface area contributed by atoms with Crippen molar-refractivity contribution in [3.8, 4) is 0 Å². The quantitative estimate of drug-likeness (QED) is 0.474. The Morgan fingerprint density at radius 1 is 1.17 bits per heavy atom. The van der Waals surface area contributed by atoms with E-state index in [0.29, 0.717) is 17.7 Å². The third-order valence-corrected chi connectivity index (χ3v) is 4.48. The van der Waals surface area contributed by atoms with Gasteiger partial charge in [-0.15, -0.1) is 0 Å². The molecule has 1 unspecified atom stereocenters. The van der Waals surface area contributed by atoms with Crippen LogP contribution < -0.4 is 16.2 Å². The van der Waals surface area contributed by atoms with Gasteiger partial charge in [-0.1, -0.05) is 36.4 Å². The molecule has 0 saturated carbocycles. The Balaban J connectivity index is 1.77. The molecule has 0 bridgehead atoms. The molecule has 3 N–H and O–H groups in total. The minimum Gasteiger partial charge on any atom is -0.370 e. The molecule has 0 radical (unpaired) electrons. The molecule has 0 amide bonds. The van der Waals surface area contributed by atoms with Crippen molar-refractivity contribution in [2.45, 2.75) is 25.8 Å². The molecule has 0 aliphatic carbocycles. The highest BCUT2D eigenvalue weighted by molar-refractivity contribution is 5.86. The average molecular weight is 395 g/mol. The fourth-order valence-corrected chi connectivity index (χ4v) is 2.99. The van der Waals surface area contributed by atoms with E-state index in [9.17, 15) is 0 Å². The van der Waals surface area contributed by atoms with E-state index in [2.05, 4.69) is 71.3 Å². The Morgan fingerprint density at radius 3 is 2.66 bits per heavy atom. The summed E-state index contributed by atoms with van der Waals surface area (Å²) < 4.78 is 0.951. The maximum absolute atomic E-state index is 4.67. The molecular weight excluding hydrogens is 362 g/mol. The van der Waals surface area contributed by atoms with E-state index in [1.165, 1.54) is 0 Å². The average Bonchev–Trinajstić information content (AvgIpc) is 3.08. The molecule has 1 aliphatic rings. The molecule has 1 aromatic heterocycles. The van der Waals surface area contributed by atoms with E-state index in [1.807, 2.05) is 36.4 Å². The molecule has 7 nitrogen and oxygen atoms in total. The lowest BCUT2D eigenvalue weighted by atomic mass is 10.2. The molecule has 1 atom stereocenters. The van der Waals surface area contributed by atoms with Gasteiger partial charge >= 0.3 is 0 Å². The van der Waals surface area contributed by atoms with Crippen LogP contribution in [-0.4, -0.2) is 60.6 Å². The first-order valence-corrected chi connectivity index (χ1v) is 10.1. The monoisotopic (exact) mass is 394 g/mol. The van der Waals surface area contributed by atoms with E-state index in [-0.39, 0.29) is 0 Å². The van der Waals surface area contributed by atoms with Gasteiger partial charge < -0.3 is 15.2 Å². The molecule has 2 aromatic rings. The molecule has 154 valence electrons. The first kappa shape index (κ1) is 21.0. The second-order valence-electron chi connectivity index (χ2n) is 8.44. The first-order chi connectivity index (χ1) is 13.9. The van der Waals surface area contributed by atoms with Crippen LogP contribution in [-0.2, 0) is 0 Å². The number of nitrogens with one attached hydrogen (secondary N) is 3. The van der Waals surface area contributed by atoms with Crippen LogP contribution in [0.1, 0.15) is 31.2 Å². The van der Waals surface area contributed by atoms with Crippen LogP contribution >= 0.6 is 0 Å². The molecule has 1 aliphatic heterocycles. The highest BCUT2D eigenvalue weighted by atomic mass is 15.4. The second-order valence-corrected chi connectivity index (χ2v) is 8.44. The highest BCUT2D eigenvalue weighted by Gasteiger charge is 2.15. The largest absolute Gasteiger partial charge is 0.370 e. The Kier molecular flexibility index (Phi) is 6.95. The minimum atomic E-state index is 0.362. The number of quaternary nitrogens is 1. The zero-order valence-corrected chi connectivity index (χ0v) is 17.8. The molecular formula is C22H32N7+. The third-order valence-electron chi connectivity index (χ3n) is 4.48. The Morgan fingerprint density at radius 2 is 1.97 bits per heavy atom. The van der Waals surface area contributed by atoms with Crippen molar-refractivity contribution in [1.82, 2.24) is 20.8 Å². The van der Waals surface area contributed by atoms with Crippen LogP contribution in [0.15, 0.2) is 41.4 Å². The minimum absolute atomic E-state index is 0.362. The standard InChI is InChI=1S/C22H32N7/c1-17-15-22(28-27-17)26-21-16-20(23-13-8-14-29(2,3)4)24-19(25-21)12-11-18-9-6-5-7-10-18/h5-7,9-12,16-17,27H,8,13-15H2,1-4H3,(H2,23,24,25,26,28)/q+1/b12-11+. The highest BCUT2D eigenvalue weighted by Crippen LogP contribution is 2.17. The fraction of sp³-hybridized carbons (Fsp3) is 0.409. The zero-order valence-electron chi connectivity index (χ0n) is 17.8. The van der Waals surface area contributed by atoms with Crippen molar-refractivity contribution < 1.29 is 4.48 Å². The molecule has 7 heteroatoms. The van der Waals surface area contributed by atoms with Crippen LogP contribution in [0.3, 0.4) is 0 Å². The van der Waals surface area contributed by atoms with Crippen molar-refractivity contribution in [3.05, 3.63) is 47.8 Å². The first-order valence-electron chi connectivity index (χ1n) is 10.1. The number of hydrogen-bond donors (Lipinski definition) is 3. The van der Waals surface area contributed by atoms with Gasteiger partial charge in [0.05, 0.1) is 27.7 Å². The van der Waals surface area contributed by atoms with Crippen LogP contribution in [0.5, 0.6) is 0 Å². The molecule has 3 rings (SSSR count). The van der Waals surface area contributed by atoms with Gasteiger partial charge in [0.2, 0.25) is 0 Å². The number of aromatic nitrogens is 2. The van der Waals surface area contributed by atoms with Crippen molar-refractivity contribution in [2.24, 2.45) is 4.99 Å². The molecule has 0 spiro atoms. The molecule has 1 aromatic carbocycles. The normalized spacial score (nSPS) is 18.3. The number of amidine groups is 1. The molecule has 1 fully saturated rings. The predicted molar refractivity (Wildman–Crippen MR) is 121 cm³/mol. The van der Waals surface area contributed by atoms with E-state index < -0.39 is 0 Å². The summed E-state index contributed by atoms with van der Waals surface area (Å²) in [6.45, 7) is 4.08. The summed E-state index contributed by atoms with van der Waals surface area (Å²) in [4.78, 5) is 13.9. The molecule has 2 heterocycles. The van der Waals surface area contributed by atoms with E-state index in [4.69, 9.17) is 0 Å². The predicted octanol–water partition coefficient (Wildman–Crippen LogP) is 3.07. The molecule has 1 saturated heterocycles. The Labute approximate surface area is 173 Å². The Bertz CT molecular complexity index is 853. The maximum atomic E-state index is 4.67. The lowest BCUT2D eigenvalue weighted by molar-refractivity contribution is -0.870. The summed E-state index contributed by atoms with van der Waals surface area (Å²) in [6.07, 6.45) is 5.87. The summed E-state index contributed by atoms with van der Waals surface area (Å²) in [5, 5.41) is 3.43. The summed E-state index contributed by atoms with van der Waals surface area (Å²) in [5.41, 5.74) is 7.40. The number of anilines is 1. The SMILES string of the molecule is CC1CC(=Nc2cc(NCCC[N+](C)(C)C)nc(/C=C/c3ccccc3)n2)NN1. The van der Waals surface area contributed by atoms with E-state index in [1.54, 1.807) is 0 Å². The van der Waals surface area contributed by atoms with Crippen molar-refractivity contribution >= 4 is 29.6 Å². The topological polar surface area (TPSA) is 74.2 Å². The maximum Gasteiger partial charge on any atom is 0.160 e. The van der Waals surface area contributed by atoms with Crippen LogP contribution in [0.4, 0.5) is 11.6 Å². The van der Waals surface area contributed by atoms with Gasteiger partial charge in [0.1, 0.15) is 11.7 Å². The third kappa shape index (κ3) is 7.29. The number of rotatable bonds is 8. The van der Waals surface area contributed by atoms with Crippen molar-refractivity contribution in [3.63, 3.8) is 0 Å². The van der Waals surface area contributed by atoms with Gasteiger partial charge in [-0.2, -0.15) is 0 Å². The van der Waals surface area contributed by atoms with Gasteiger partial charge in [-0.25, -0.2) is 20.4 Å². The van der Waals surface area contributed by atoms with E-state index >= 15 is 0 Å². The molecule has 29 heavy (non-hydrogen) atoms. The van der Waals surface area contributed by atoms with Gasteiger partial charge in [0.15, 0.2) is 11.6 Å². The van der Waals surface area contributed by atoms with Crippen molar-refractivity contribution in [2.75, 3.05) is 39.5 Å². The Hall–Kier alpha value is -2.77. The van der Waals surface area contributed by atoms with Crippen LogP contribution in [0, 0.1) is 0 Å². The van der Waals surface area contributed by atoms with Crippen LogP contribution in [0.2, 0.25) is 0 Å². The van der Waals surface area contributed by atoms with Gasteiger partial charge in [-0.3, -0.25) is 0 Å². The summed E-state index contributed by atoms with van der Waals surface area (Å²) in [6, 6.07) is 12.4. The number of aliphatic imine (C=N–C) groups is 1. The number of nitrogens with zero attached hydrogens (tertiary/aromatic N) is 4. The summed E-state index contributed by atoms with van der Waals surface area (Å²) in [7, 11) is 6.61.